The minimum atomic E-state index is 0.580. The van der Waals surface area contributed by atoms with Gasteiger partial charge in [-0.05, 0) is 36.4 Å². The maximum absolute atomic E-state index is 5.90. The molecule has 2 heterocycles. The summed E-state index contributed by atoms with van der Waals surface area (Å²) in [6.45, 7) is 4.01. The van der Waals surface area contributed by atoms with Crippen LogP contribution in [0.25, 0.3) is 10.2 Å². The number of hydrogen-bond acceptors (Lipinski definition) is 5. The van der Waals surface area contributed by atoms with Gasteiger partial charge in [-0.1, -0.05) is 6.07 Å². The molecule has 2 N–H and O–H groups in total. The monoisotopic (exact) mass is 271 g/mol. The highest BCUT2D eigenvalue weighted by atomic mass is 32.1. The van der Waals surface area contributed by atoms with Gasteiger partial charge < -0.3 is 10.5 Å². The maximum atomic E-state index is 5.90. The molecule has 19 heavy (non-hydrogen) atoms. The van der Waals surface area contributed by atoms with Crippen LogP contribution in [0.3, 0.4) is 0 Å². The predicted molar refractivity (Wildman–Crippen MR) is 77.8 cm³/mol. The van der Waals surface area contributed by atoms with Crippen molar-refractivity contribution in [3.63, 3.8) is 0 Å². The van der Waals surface area contributed by atoms with Gasteiger partial charge in [-0.3, -0.25) is 0 Å². The maximum Gasteiger partial charge on any atom is 0.240 e. The Morgan fingerprint density at radius 2 is 2.00 bits per heavy atom. The lowest BCUT2D eigenvalue weighted by Crippen LogP contribution is -1.93. The molecule has 3 aromatic rings. The average Bonchev–Trinajstić information content (AvgIpc) is 2.77. The van der Waals surface area contributed by atoms with Gasteiger partial charge in [0.05, 0.1) is 5.52 Å². The Kier molecular flexibility index (Phi) is 2.83. The van der Waals surface area contributed by atoms with Gasteiger partial charge in [-0.15, -0.1) is 11.3 Å². The number of aryl methyl sites for hydroxylation is 2. The van der Waals surface area contributed by atoms with E-state index >= 15 is 0 Å². The first-order valence-electron chi connectivity index (χ1n) is 5.88. The van der Waals surface area contributed by atoms with E-state index in [1.165, 1.54) is 6.33 Å². The Morgan fingerprint density at radius 1 is 1.16 bits per heavy atom. The zero-order valence-corrected chi connectivity index (χ0v) is 11.5. The van der Waals surface area contributed by atoms with Crippen LogP contribution in [0.15, 0.2) is 29.9 Å². The molecule has 4 nitrogen and oxygen atoms in total. The number of nitrogen functional groups attached to an aromatic ring is 1. The van der Waals surface area contributed by atoms with Crippen LogP contribution < -0.4 is 10.5 Å². The molecule has 0 radical (unpaired) electrons. The van der Waals surface area contributed by atoms with Crippen molar-refractivity contribution in [3.8, 4) is 11.6 Å². The predicted octanol–water partition coefficient (Wildman–Crippen LogP) is 3.68. The van der Waals surface area contributed by atoms with E-state index in [0.29, 0.717) is 11.6 Å². The molecule has 5 heteroatoms. The highest BCUT2D eigenvalue weighted by molar-refractivity contribution is 7.17. The van der Waals surface area contributed by atoms with Gasteiger partial charge in [0.15, 0.2) is 0 Å². The van der Waals surface area contributed by atoms with Crippen LogP contribution in [0.1, 0.15) is 11.1 Å². The van der Waals surface area contributed by atoms with Crippen LogP contribution >= 0.6 is 11.3 Å². The third-order valence-corrected chi connectivity index (χ3v) is 3.99. The van der Waals surface area contributed by atoms with Crippen LogP contribution in [-0.4, -0.2) is 9.97 Å². The van der Waals surface area contributed by atoms with E-state index in [0.717, 1.165) is 27.1 Å². The minimum absolute atomic E-state index is 0.580. The van der Waals surface area contributed by atoms with E-state index < -0.39 is 0 Å². The molecule has 0 aliphatic heterocycles. The summed E-state index contributed by atoms with van der Waals surface area (Å²) in [6.07, 6.45) is 1.53. The molecule has 3 rings (SSSR count). The average molecular weight is 271 g/mol. The fraction of sp³-hybridized carbons (Fsp3) is 0.143. The fourth-order valence-corrected chi connectivity index (χ4v) is 2.78. The number of rotatable bonds is 2. The van der Waals surface area contributed by atoms with E-state index in [2.05, 4.69) is 15.3 Å². The molecule has 0 saturated carbocycles. The van der Waals surface area contributed by atoms with Crippen molar-refractivity contribution in [2.24, 2.45) is 0 Å². The Labute approximate surface area is 114 Å². The number of benzene rings is 1. The van der Waals surface area contributed by atoms with Crippen LogP contribution in [0.4, 0.5) is 5.69 Å². The summed E-state index contributed by atoms with van der Waals surface area (Å²) in [7, 11) is 0. The summed E-state index contributed by atoms with van der Waals surface area (Å²) >= 11 is 1.59. The third kappa shape index (κ3) is 2.13. The SMILES string of the molecule is Cc1ccc(N)cc1Oc1ncnc2c(C)csc12. The first kappa shape index (κ1) is 11.9. The summed E-state index contributed by atoms with van der Waals surface area (Å²) < 4.78 is 6.86. The van der Waals surface area contributed by atoms with Gasteiger partial charge in [0, 0.05) is 11.8 Å². The van der Waals surface area contributed by atoms with Crippen LogP contribution in [0.5, 0.6) is 11.6 Å². The zero-order valence-electron chi connectivity index (χ0n) is 10.7. The number of hydrogen-bond donors (Lipinski definition) is 1. The van der Waals surface area contributed by atoms with E-state index in [9.17, 15) is 0 Å². The molecule has 0 aliphatic carbocycles. The summed E-state index contributed by atoms with van der Waals surface area (Å²) in [4.78, 5) is 8.50. The Bertz CT molecular complexity index is 752. The number of aromatic nitrogens is 2. The third-order valence-electron chi connectivity index (χ3n) is 2.92. The van der Waals surface area contributed by atoms with Gasteiger partial charge in [0.2, 0.25) is 5.88 Å². The molecular formula is C14H13N3OS. The van der Waals surface area contributed by atoms with Gasteiger partial charge in [-0.25, -0.2) is 9.97 Å². The first-order valence-corrected chi connectivity index (χ1v) is 6.76. The minimum Gasteiger partial charge on any atom is -0.437 e. The lowest BCUT2D eigenvalue weighted by atomic mass is 10.2. The van der Waals surface area contributed by atoms with Crippen molar-refractivity contribution in [3.05, 3.63) is 41.0 Å². The van der Waals surface area contributed by atoms with Crippen molar-refractivity contribution < 1.29 is 4.74 Å². The molecule has 0 saturated heterocycles. The normalized spacial score (nSPS) is 10.8. The van der Waals surface area contributed by atoms with E-state index in [4.69, 9.17) is 10.5 Å². The number of nitrogens with zero attached hydrogens (tertiary/aromatic N) is 2. The summed E-state index contributed by atoms with van der Waals surface area (Å²) in [5.41, 5.74) is 9.56. The molecule has 0 fully saturated rings. The smallest absolute Gasteiger partial charge is 0.240 e. The topological polar surface area (TPSA) is 61.0 Å². The molecule has 0 spiro atoms. The molecule has 0 atom stereocenters. The van der Waals surface area contributed by atoms with Crippen LogP contribution in [0, 0.1) is 13.8 Å². The number of thiophene rings is 1. The molecule has 2 aromatic heterocycles. The quantitative estimate of drug-likeness (QED) is 0.722. The molecule has 0 amide bonds. The van der Waals surface area contributed by atoms with E-state index in [1.807, 2.05) is 32.0 Å². The number of anilines is 1. The fourth-order valence-electron chi connectivity index (χ4n) is 1.85. The van der Waals surface area contributed by atoms with E-state index in [1.54, 1.807) is 11.3 Å². The molecular weight excluding hydrogens is 258 g/mol. The van der Waals surface area contributed by atoms with E-state index in [-0.39, 0.29) is 0 Å². The number of nitrogens with two attached hydrogens (primary N) is 1. The van der Waals surface area contributed by atoms with Gasteiger partial charge in [0.1, 0.15) is 16.8 Å². The standard InChI is InChI=1S/C14H13N3OS/c1-8-3-4-10(15)5-11(8)18-14-13-12(16-7-17-14)9(2)6-19-13/h3-7H,15H2,1-2H3. The van der Waals surface area contributed by atoms with Crippen molar-refractivity contribution in [1.82, 2.24) is 9.97 Å². The van der Waals surface area contributed by atoms with Crippen LogP contribution in [-0.2, 0) is 0 Å². The second-order valence-corrected chi connectivity index (χ2v) is 5.28. The van der Waals surface area contributed by atoms with Crippen LogP contribution in [0.2, 0.25) is 0 Å². The summed E-state index contributed by atoms with van der Waals surface area (Å²) in [5.74, 6) is 1.31. The largest absolute Gasteiger partial charge is 0.437 e. The summed E-state index contributed by atoms with van der Waals surface area (Å²) in [6, 6.07) is 5.60. The van der Waals surface area contributed by atoms with Gasteiger partial charge in [-0.2, -0.15) is 0 Å². The second-order valence-electron chi connectivity index (χ2n) is 4.40. The first-order chi connectivity index (χ1) is 9.15. The van der Waals surface area contributed by atoms with Crippen molar-refractivity contribution >= 4 is 27.2 Å². The van der Waals surface area contributed by atoms with Gasteiger partial charge in [0.25, 0.3) is 0 Å². The number of ether oxygens (including phenoxy) is 1. The molecule has 0 unspecified atom stereocenters. The molecule has 0 bridgehead atoms. The molecule has 0 aliphatic rings. The Hall–Kier alpha value is -2.14. The lowest BCUT2D eigenvalue weighted by molar-refractivity contribution is 0.466. The van der Waals surface area contributed by atoms with Crippen molar-refractivity contribution in [2.45, 2.75) is 13.8 Å². The number of fused-ring (bicyclic) bond motifs is 1. The molecule has 1 aromatic carbocycles. The Morgan fingerprint density at radius 3 is 2.84 bits per heavy atom. The summed E-state index contributed by atoms with van der Waals surface area (Å²) in [5, 5.41) is 2.05. The highest BCUT2D eigenvalue weighted by Gasteiger charge is 2.11. The molecule has 96 valence electrons. The highest BCUT2D eigenvalue weighted by Crippen LogP contribution is 2.34. The Balaban J connectivity index is 2.08. The van der Waals surface area contributed by atoms with Crippen molar-refractivity contribution in [2.75, 3.05) is 5.73 Å². The zero-order chi connectivity index (χ0) is 13.4. The second kappa shape index (κ2) is 4.51. The lowest BCUT2D eigenvalue weighted by Gasteiger charge is -2.08. The van der Waals surface area contributed by atoms with Gasteiger partial charge >= 0.3 is 0 Å². The van der Waals surface area contributed by atoms with Crippen molar-refractivity contribution in [1.29, 1.82) is 0 Å².